The quantitative estimate of drug-likeness (QED) is 0.692. The van der Waals surface area contributed by atoms with E-state index >= 15 is 0 Å². The third-order valence-corrected chi connectivity index (χ3v) is 3.68. The van der Waals surface area contributed by atoms with Crippen molar-refractivity contribution in [2.45, 2.75) is 32.2 Å². The van der Waals surface area contributed by atoms with Crippen LogP contribution in [0.2, 0.25) is 5.02 Å². The minimum absolute atomic E-state index is 0. The molecule has 2 aromatic rings. The molecule has 2 rings (SSSR count). The SMILES string of the molecule is CCC(C(=O)NCCCCN)n1nnc(-c2ccc(Cl)cc2)n1.Cl. The van der Waals surface area contributed by atoms with Crippen molar-refractivity contribution in [2.24, 2.45) is 5.73 Å². The Kier molecular flexibility index (Phi) is 8.67. The van der Waals surface area contributed by atoms with Gasteiger partial charge in [0.2, 0.25) is 11.7 Å². The summed E-state index contributed by atoms with van der Waals surface area (Å²) in [6, 6.07) is 6.69. The van der Waals surface area contributed by atoms with Crippen molar-refractivity contribution in [1.29, 1.82) is 0 Å². The zero-order valence-electron chi connectivity index (χ0n) is 13.5. The zero-order valence-corrected chi connectivity index (χ0v) is 15.1. The number of tetrazole rings is 1. The van der Waals surface area contributed by atoms with Crippen LogP contribution in [0.4, 0.5) is 0 Å². The van der Waals surface area contributed by atoms with Gasteiger partial charge in [0.05, 0.1) is 0 Å². The zero-order chi connectivity index (χ0) is 16.7. The molecule has 1 amide bonds. The maximum Gasteiger partial charge on any atom is 0.246 e. The second-order valence-electron chi connectivity index (χ2n) is 5.15. The third kappa shape index (κ3) is 5.43. The summed E-state index contributed by atoms with van der Waals surface area (Å²) >= 11 is 5.87. The lowest BCUT2D eigenvalue weighted by molar-refractivity contribution is -0.125. The van der Waals surface area contributed by atoms with Crippen molar-refractivity contribution in [1.82, 2.24) is 25.5 Å². The number of hydrogen-bond acceptors (Lipinski definition) is 5. The van der Waals surface area contributed by atoms with E-state index in [1.807, 2.05) is 19.1 Å². The molecule has 24 heavy (non-hydrogen) atoms. The Morgan fingerprint density at radius 3 is 2.67 bits per heavy atom. The summed E-state index contributed by atoms with van der Waals surface area (Å²) in [6.45, 7) is 3.14. The fraction of sp³-hybridized carbons (Fsp3) is 0.467. The molecule has 0 fully saturated rings. The first-order valence-electron chi connectivity index (χ1n) is 7.69. The van der Waals surface area contributed by atoms with E-state index in [1.165, 1.54) is 4.80 Å². The van der Waals surface area contributed by atoms with Crippen molar-refractivity contribution in [2.75, 3.05) is 13.1 Å². The van der Waals surface area contributed by atoms with Gasteiger partial charge in [-0.25, -0.2) is 0 Å². The minimum Gasteiger partial charge on any atom is -0.354 e. The molecule has 0 aliphatic rings. The number of halogens is 2. The summed E-state index contributed by atoms with van der Waals surface area (Å²) in [4.78, 5) is 13.6. The van der Waals surface area contributed by atoms with Crippen LogP contribution in [0.1, 0.15) is 32.2 Å². The predicted molar refractivity (Wildman–Crippen MR) is 96.1 cm³/mol. The van der Waals surface area contributed by atoms with E-state index in [9.17, 15) is 4.79 Å². The molecule has 1 heterocycles. The molecule has 0 saturated heterocycles. The van der Waals surface area contributed by atoms with Gasteiger partial charge >= 0.3 is 0 Å². The number of carbonyl (C=O) groups is 1. The van der Waals surface area contributed by atoms with Crippen LogP contribution < -0.4 is 11.1 Å². The first-order valence-corrected chi connectivity index (χ1v) is 8.06. The molecule has 0 radical (unpaired) electrons. The number of unbranched alkanes of at least 4 members (excludes halogenated alkanes) is 1. The molecule has 1 atom stereocenters. The highest BCUT2D eigenvalue weighted by Crippen LogP contribution is 2.18. The molecule has 0 bridgehead atoms. The van der Waals surface area contributed by atoms with Gasteiger partial charge in [-0.1, -0.05) is 18.5 Å². The van der Waals surface area contributed by atoms with Gasteiger partial charge in [0, 0.05) is 17.1 Å². The molecule has 1 aromatic heterocycles. The number of amides is 1. The number of benzene rings is 1. The number of nitrogens with zero attached hydrogens (tertiary/aromatic N) is 4. The van der Waals surface area contributed by atoms with Crippen LogP contribution in [0.5, 0.6) is 0 Å². The molecule has 1 unspecified atom stereocenters. The maximum atomic E-state index is 12.2. The standard InChI is InChI=1S/C15H21ClN6O.ClH/c1-2-13(15(23)18-10-4-3-9-17)22-20-14(19-21-22)11-5-7-12(16)8-6-11;/h5-8,13H,2-4,9-10,17H2,1H3,(H,18,23);1H. The van der Waals surface area contributed by atoms with Gasteiger partial charge in [-0.2, -0.15) is 4.80 Å². The highest BCUT2D eigenvalue weighted by Gasteiger charge is 2.21. The Hall–Kier alpha value is -1.70. The highest BCUT2D eigenvalue weighted by molar-refractivity contribution is 6.30. The Balaban J connectivity index is 0.00000288. The molecule has 0 spiro atoms. The van der Waals surface area contributed by atoms with Crippen LogP contribution in [0.25, 0.3) is 11.4 Å². The lowest BCUT2D eigenvalue weighted by Crippen LogP contribution is -2.34. The fourth-order valence-corrected chi connectivity index (χ4v) is 2.25. The molecule has 0 saturated carbocycles. The van der Waals surface area contributed by atoms with Crippen LogP contribution >= 0.6 is 24.0 Å². The van der Waals surface area contributed by atoms with Crippen LogP contribution in [0, 0.1) is 0 Å². The summed E-state index contributed by atoms with van der Waals surface area (Å²) < 4.78 is 0. The summed E-state index contributed by atoms with van der Waals surface area (Å²) in [6.07, 6.45) is 2.33. The van der Waals surface area contributed by atoms with E-state index < -0.39 is 6.04 Å². The summed E-state index contributed by atoms with van der Waals surface area (Å²) in [5.74, 6) is 0.362. The van der Waals surface area contributed by atoms with E-state index in [4.69, 9.17) is 17.3 Å². The summed E-state index contributed by atoms with van der Waals surface area (Å²) in [5, 5.41) is 15.9. The first-order chi connectivity index (χ1) is 11.2. The van der Waals surface area contributed by atoms with E-state index in [0.717, 1.165) is 18.4 Å². The average molecular weight is 373 g/mol. The predicted octanol–water partition coefficient (Wildman–Crippen LogP) is 2.22. The van der Waals surface area contributed by atoms with Crippen LogP contribution in [-0.4, -0.2) is 39.2 Å². The van der Waals surface area contributed by atoms with Crippen molar-refractivity contribution < 1.29 is 4.79 Å². The lowest BCUT2D eigenvalue weighted by atomic mass is 10.2. The van der Waals surface area contributed by atoms with Gasteiger partial charge in [0.25, 0.3) is 0 Å². The van der Waals surface area contributed by atoms with Crippen LogP contribution in [0.3, 0.4) is 0 Å². The number of nitrogens with one attached hydrogen (secondary N) is 1. The number of nitrogens with two attached hydrogens (primary N) is 1. The van der Waals surface area contributed by atoms with Crippen LogP contribution in [0.15, 0.2) is 24.3 Å². The van der Waals surface area contributed by atoms with Gasteiger partial charge in [0.15, 0.2) is 6.04 Å². The topological polar surface area (TPSA) is 98.7 Å². The highest BCUT2D eigenvalue weighted by atomic mass is 35.5. The molecule has 132 valence electrons. The maximum absolute atomic E-state index is 12.2. The monoisotopic (exact) mass is 372 g/mol. The molecule has 0 aliphatic carbocycles. The molecule has 7 nitrogen and oxygen atoms in total. The second-order valence-corrected chi connectivity index (χ2v) is 5.59. The minimum atomic E-state index is -0.471. The molecule has 0 aliphatic heterocycles. The van der Waals surface area contributed by atoms with E-state index in [0.29, 0.717) is 30.4 Å². The van der Waals surface area contributed by atoms with Gasteiger partial charge in [-0.3, -0.25) is 4.79 Å². The molecular weight excluding hydrogens is 351 g/mol. The molecule has 9 heteroatoms. The van der Waals surface area contributed by atoms with Crippen molar-refractivity contribution in [3.8, 4) is 11.4 Å². The van der Waals surface area contributed by atoms with Gasteiger partial charge in [-0.05, 0) is 55.3 Å². The largest absolute Gasteiger partial charge is 0.354 e. The number of hydrogen-bond donors (Lipinski definition) is 2. The Morgan fingerprint density at radius 1 is 1.33 bits per heavy atom. The van der Waals surface area contributed by atoms with Crippen molar-refractivity contribution in [3.05, 3.63) is 29.3 Å². The Labute approximate surface area is 152 Å². The number of carbonyl (C=O) groups excluding carboxylic acids is 1. The van der Waals surface area contributed by atoms with Crippen LogP contribution in [-0.2, 0) is 4.79 Å². The van der Waals surface area contributed by atoms with E-state index in [-0.39, 0.29) is 18.3 Å². The summed E-state index contributed by atoms with van der Waals surface area (Å²) in [7, 11) is 0. The number of aromatic nitrogens is 4. The molecular formula is C15H22Cl2N6O. The smallest absolute Gasteiger partial charge is 0.246 e. The van der Waals surface area contributed by atoms with Crippen molar-refractivity contribution >= 4 is 29.9 Å². The average Bonchev–Trinajstić information content (AvgIpc) is 3.02. The van der Waals surface area contributed by atoms with E-state index in [1.54, 1.807) is 12.1 Å². The third-order valence-electron chi connectivity index (χ3n) is 3.43. The normalized spacial score (nSPS) is 11.6. The van der Waals surface area contributed by atoms with Crippen molar-refractivity contribution in [3.63, 3.8) is 0 Å². The number of rotatable bonds is 8. The lowest BCUT2D eigenvalue weighted by Gasteiger charge is -2.13. The second kappa shape index (κ2) is 10.2. The van der Waals surface area contributed by atoms with E-state index in [2.05, 4.69) is 20.7 Å². The van der Waals surface area contributed by atoms with Gasteiger partial charge < -0.3 is 11.1 Å². The first kappa shape index (κ1) is 20.3. The summed E-state index contributed by atoms with van der Waals surface area (Å²) in [5.41, 5.74) is 6.24. The Bertz CT molecular complexity index is 631. The molecule has 3 N–H and O–H groups in total. The fourth-order valence-electron chi connectivity index (χ4n) is 2.12. The van der Waals surface area contributed by atoms with Gasteiger partial charge in [-0.15, -0.1) is 22.6 Å². The molecule has 1 aromatic carbocycles. The Morgan fingerprint density at radius 2 is 2.04 bits per heavy atom. The van der Waals surface area contributed by atoms with Gasteiger partial charge in [0.1, 0.15) is 0 Å².